The Morgan fingerprint density at radius 3 is 2.41 bits per heavy atom. The summed E-state index contributed by atoms with van der Waals surface area (Å²) in [6, 6.07) is 9.04. The summed E-state index contributed by atoms with van der Waals surface area (Å²) < 4.78 is 0. The zero-order valence-corrected chi connectivity index (χ0v) is 22.3. The number of nitrogens with zero attached hydrogens (tertiary/aromatic N) is 3. The number of guanidine groups is 1. The van der Waals surface area contributed by atoms with Crippen LogP contribution in [0.4, 0.5) is 0 Å². The van der Waals surface area contributed by atoms with Gasteiger partial charge in [-0.05, 0) is 61.6 Å². The third-order valence-corrected chi connectivity index (χ3v) is 7.43. The van der Waals surface area contributed by atoms with Crippen molar-refractivity contribution in [2.24, 2.45) is 16.8 Å². The number of hydrogen-bond donors (Lipinski definition) is 2. The number of amides is 1. The molecule has 1 aliphatic heterocycles. The topological polar surface area (TPSA) is 60.0 Å². The second-order valence-corrected chi connectivity index (χ2v) is 10.1. The van der Waals surface area contributed by atoms with Gasteiger partial charge in [-0.1, -0.05) is 30.2 Å². The van der Waals surface area contributed by atoms with Gasteiger partial charge in [0.15, 0.2) is 5.96 Å². The summed E-state index contributed by atoms with van der Waals surface area (Å²) in [7, 11) is 3.56. The molecule has 4 rings (SSSR count). The second kappa shape index (κ2) is 11.9. The maximum Gasteiger partial charge on any atom is 0.243 e. The highest BCUT2D eigenvalue weighted by molar-refractivity contribution is 14.0. The highest BCUT2D eigenvalue weighted by Gasteiger charge is 2.40. The van der Waals surface area contributed by atoms with Crippen LogP contribution in [0.3, 0.4) is 0 Å². The van der Waals surface area contributed by atoms with E-state index in [0.717, 1.165) is 55.3 Å². The molecule has 3 aliphatic rings. The first-order valence-electron chi connectivity index (χ1n) is 11.7. The molecule has 2 aliphatic carbocycles. The van der Waals surface area contributed by atoms with Crippen LogP contribution < -0.4 is 10.6 Å². The molecule has 6 nitrogen and oxygen atoms in total. The molecule has 1 amide bonds. The summed E-state index contributed by atoms with van der Waals surface area (Å²) in [4.78, 5) is 20.9. The van der Waals surface area contributed by atoms with Gasteiger partial charge in [0, 0.05) is 50.8 Å². The Labute approximate surface area is 214 Å². The van der Waals surface area contributed by atoms with Gasteiger partial charge in [-0.3, -0.25) is 9.69 Å². The quantitative estimate of drug-likeness (QED) is 0.309. The number of rotatable bonds is 6. The minimum Gasteiger partial charge on any atom is -0.354 e. The molecule has 0 spiro atoms. The Morgan fingerprint density at radius 2 is 1.81 bits per heavy atom. The average Bonchev–Trinajstić information content (AvgIpc) is 3.38. The molecule has 1 aromatic rings. The van der Waals surface area contributed by atoms with Crippen molar-refractivity contribution in [2.45, 2.75) is 57.2 Å². The summed E-state index contributed by atoms with van der Waals surface area (Å²) in [5.41, 5.74) is 1.30. The molecule has 178 valence electrons. The first-order valence-corrected chi connectivity index (χ1v) is 12.1. The second-order valence-electron chi connectivity index (χ2n) is 9.70. The third kappa shape index (κ3) is 6.97. The van der Waals surface area contributed by atoms with Crippen LogP contribution in [0.25, 0.3) is 0 Å². The first-order chi connectivity index (χ1) is 15.0. The molecule has 1 aromatic carbocycles. The van der Waals surface area contributed by atoms with Crippen LogP contribution in [0.15, 0.2) is 29.3 Å². The fourth-order valence-corrected chi connectivity index (χ4v) is 5.42. The van der Waals surface area contributed by atoms with Crippen molar-refractivity contribution in [1.82, 2.24) is 20.4 Å². The Kier molecular flexibility index (Phi) is 9.49. The number of halogens is 2. The van der Waals surface area contributed by atoms with Crippen LogP contribution in [0, 0.1) is 11.8 Å². The molecular weight excluding hydrogens is 537 g/mol. The zero-order chi connectivity index (χ0) is 21.8. The number of likely N-dealkylation sites (tertiary alicyclic amines) is 1. The smallest absolute Gasteiger partial charge is 0.243 e. The summed E-state index contributed by atoms with van der Waals surface area (Å²) in [5, 5.41) is 8.13. The van der Waals surface area contributed by atoms with Gasteiger partial charge >= 0.3 is 0 Å². The van der Waals surface area contributed by atoms with E-state index < -0.39 is 0 Å². The number of piperidine rings is 1. The zero-order valence-electron chi connectivity index (χ0n) is 19.2. The Morgan fingerprint density at radius 1 is 1.09 bits per heavy atom. The van der Waals surface area contributed by atoms with Crippen LogP contribution in [-0.2, 0) is 11.3 Å². The van der Waals surface area contributed by atoms with E-state index in [2.05, 4.69) is 32.7 Å². The maximum atomic E-state index is 12.1. The van der Waals surface area contributed by atoms with Crippen molar-refractivity contribution in [3.63, 3.8) is 0 Å². The van der Waals surface area contributed by atoms with Crippen molar-refractivity contribution < 1.29 is 4.79 Å². The SMILES string of the molecule is CN(C)C(=O)CN=C(NC1CCN(Cc2ccc(Cl)cc2)CC1)NC1CC2CCC1C2.I. The number of likely N-dealkylation sites (N-methyl/N-ethyl adjacent to an activating group) is 1. The fourth-order valence-electron chi connectivity index (χ4n) is 5.29. The van der Waals surface area contributed by atoms with E-state index in [0.29, 0.717) is 12.1 Å². The van der Waals surface area contributed by atoms with E-state index in [4.69, 9.17) is 11.6 Å². The van der Waals surface area contributed by atoms with Crippen LogP contribution in [0.1, 0.15) is 44.1 Å². The largest absolute Gasteiger partial charge is 0.354 e. The van der Waals surface area contributed by atoms with Crippen LogP contribution in [0.5, 0.6) is 0 Å². The molecule has 0 aromatic heterocycles. The van der Waals surface area contributed by atoms with Crippen LogP contribution in [-0.4, -0.2) is 67.5 Å². The number of fused-ring (bicyclic) bond motifs is 2. The van der Waals surface area contributed by atoms with Gasteiger partial charge in [0.05, 0.1) is 0 Å². The van der Waals surface area contributed by atoms with Crippen molar-refractivity contribution >= 4 is 47.4 Å². The molecular formula is C24H37ClIN5O. The number of hydrogen-bond acceptors (Lipinski definition) is 3. The van der Waals surface area contributed by atoms with E-state index in [1.807, 2.05) is 12.1 Å². The third-order valence-electron chi connectivity index (χ3n) is 7.18. The van der Waals surface area contributed by atoms with E-state index in [9.17, 15) is 4.79 Å². The monoisotopic (exact) mass is 573 g/mol. The molecule has 3 atom stereocenters. The van der Waals surface area contributed by atoms with Crippen molar-refractivity contribution in [1.29, 1.82) is 0 Å². The van der Waals surface area contributed by atoms with Gasteiger partial charge in [0.2, 0.25) is 5.91 Å². The molecule has 3 fully saturated rings. The van der Waals surface area contributed by atoms with Gasteiger partial charge in [-0.15, -0.1) is 24.0 Å². The lowest BCUT2D eigenvalue weighted by atomic mass is 9.95. The van der Waals surface area contributed by atoms with E-state index in [1.54, 1.807) is 19.0 Å². The van der Waals surface area contributed by atoms with E-state index in [-0.39, 0.29) is 36.4 Å². The van der Waals surface area contributed by atoms with Gasteiger partial charge in [0.1, 0.15) is 6.54 Å². The minimum atomic E-state index is 0. The highest BCUT2D eigenvalue weighted by Crippen LogP contribution is 2.44. The van der Waals surface area contributed by atoms with Crippen molar-refractivity contribution in [2.75, 3.05) is 33.7 Å². The van der Waals surface area contributed by atoms with Crippen LogP contribution >= 0.6 is 35.6 Å². The van der Waals surface area contributed by atoms with Gasteiger partial charge in [-0.2, -0.15) is 0 Å². The lowest BCUT2D eigenvalue weighted by Crippen LogP contribution is -2.52. The molecule has 2 N–H and O–H groups in total. The molecule has 8 heteroatoms. The number of carbonyl (C=O) groups excluding carboxylic acids is 1. The van der Waals surface area contributed by atoms with Gasteiger partial charge < -0.3 is 15.5 Å². The van der Waals surface area contributed by atoms with Crippen LogP contribution in [0.2, 0.25) is 5.02 Å². The fraction of sp³-hybridized carbons (Fsp3) is 0.667. The molecule has 2 bridgehead atoms. The number of carbonyl (C=O) groups is 1. The van der Waals surface area contributed by atoms with Crippen molar-refractivity contribution in [3.05, 3.63) is 34.9 Å². The summed E-state index contributed by atoms with van der Waals surface area (Å²) >= 11 is 6.00. The lowest BCUT2D eigenvalue weighted by Gasteiger charge is -2.34. The standard InChI is InChI=1S/C24H36ClN5O.HI/c1-29(2)23(31)15-26-24(28-22-14-18-3-6-19(22)13-18)27-21-9-11-30(12-10-21)16-17-4-7-20(25)8-5-17;/h4-5,7-8,18-19,21-22H,3,6,9-16H2,1-2H3,(H2,26,27,28);1H. The Hall–Kier alpha value is -1.06. The Balaban J connectivity index is 0.00000289. The van der Waals surface area contributed by atoms with Crippen molar-refractivity contribution in [3.8, 4) is 0 Å². The van der Waals surface area contributed by atoms with Gasteiger partial charge in [0.25, 0.3) is 0 Å². The average molecular weight is 574 g/mol. The molecule has 0 radical (unpaired) electrons. The molecule has 2 saturated carbocycles. The molecule has 3 unspecified atom stereocenters. The van der Waals surface area contributed by atoms with E-state index >= 15 is 0 Å². The number of nitrogens with one attached hydrogen (secondary N) is 2. The summed E-state index contributed by atoms with van der Waals surface area (Å²) in [5.74, 6) is 2.50. The van der Waals surface area contributed by atoms with E-state index in [1.165, 1.54) is 31.2 Å². The molecule has 32 heavy (non-hydrogen) atoms. The molecule has 1 heterocycles. The Bertz CT molecular complexity index is 779. The predicted octanol–water partition coefficient (Wildman–Crippen LogP) is 3.73. The van der Waals surface area contributed by atoms with Gasteiger partial charge in [-0.25, -0.2) is 4.99 Å². The molecule has 1 saturated heterocycles. The highest BCUT2D eigenvalue weighted by atomic mass is 127. The lowest BCUT2D eigenvalue weighted by molar-refractivity contribution is -0.127. The number of aliphatic imine (C=N–C) groups is 1. The predicted molar refractivity (Wildman–Crippen MR) is 142 cm³/mol. The normalized spacial score (nSPS) is 26.0. The summed E-state index contributed by atoms with van der Waals surface area (Å²) in [6.45, 7) is 3.26. The minimum absolute atomic E-state index is 0. The maximum absolute atomic E-state index is 12.1. The summed E-state index contributed by atoms with van der Waals surface area (Å²) in [6.07, 6.45) is 7.46. The first kappa shape index (κ1) is 25.6. The number of benzene rings is 1.